The van der Waals surface area contributed by atoms with Crippen LogP contribution in [0.15, 0.2) is 47.0 Å². The molecule has 2 aromatic carbocycles. The predicted octanol–water partition coefficient (Wildman–Crippen LogP) is 6.94. The molecule has 2 rings (SSSR count). The molecular formula is C27H37FN4O3. The van der Waals surface area contributed by atoms with Crippen molar-refractivity contribution in [1.29, 1.82) is 0 Å². The van der Waals surface area contributed by atoms with Gasteiger partial charge in [0.15, 0.2) is 11.5 Å². The number of amides is 2. The van der Waals surface area contributed by atoms with E-state index in [1.54, 1.807) is 32.6 Å². The summed E-state index contributed by atoms with van der Waals surface area (Å²) in [5, 5.41) is 8.94. The van der Waals surface area contributed by atoms with E-state index in [0.717, 1.165) is 34.6 Å². The van der Waals surface area contributed by atoms with Crippen LogP contribution in [0.3, 0.4) is 0 Å². The summed E-state index contributed by atoms with van der Waals surface area (Å²) in [5.74, 6) is 1.22. The lowest BCUT2D eigenvalue weighted by Crippen LogP contribution is -2.32. The third kappa shape index (κ3) is 8.31. The van der Waals surface area contributed by atoms with Gasteiger partial charge in [-0.25, -0.2) is 9.18 Å². The highest BCUT2D eigenvalue weighted by atomic mass is 19.1. The zero-order valence-electron chi connectivity index (χ0n) is 21.7. The van der Waals surface area contributed by atoms with Gasteiger partial charge < -0.3 is 25.4 Å². The predicted molar refractivity (Wildman–Crippen MR) is 143 cm³/mol. The molecule has 3 N–H and O–H groups in total. The molecule has 0 saturated carbocycles. The Labute approximate surface area is 207 Å². The minimum Gasteiger partial charge on any atom is -0.493 e. The van der Waals surface area contributed by atoms with Crippen molar-refractivity contribution in [3.05, 3.63) is 47.5 Å². The number of nitrogens with one attached hydrogen (secondary N) is 3. The number of anilines is 2. The molecule has 2 aromatic rings. The summed E-state index contributed by atoms with van der Waals surface area (Å²) in [5.41, 5.74) is 3.86. The van der Waals surface area contributed by atoms with Crippen molar-refractivity contribution in [3.63, 3.8) is 0 Å². The summed E-state index contributed by atoms with van der Waals surface area (Å²) in [4.78, 5) is 16.6. The van der Waals surface area contributed by atoms with E-state index < -0.39 is 5.67 Å². The van der Waals surface area contributed by atoms with Crippen molar-refractivity contribution >= 4 is 35.0 Å². The van der Waals surface area contributed by atoms with Gasteiger partial charge >= 0.3 is 6.03 Å². The van der Waals surface area contributed by atoms with Crippen LogP contribution in [0, 0.1) is 0 Å². The van der Waals surface area contributed by atoms with Crippen LogP contribution in [0.2, 0.25) is 0 Å². The maximum atomic E-state index is 13.6. The van der Waals surface area contributed by atoms with Crippen LogP contribution in [-0.2, 0) is 0 Å². The maximum absolute atomic E-state index is 13.6. The first-order valence-electron chi connectivity index (χ1n) is 11.7. The number of benzene rings is 2. The van der Waals surface area contributed by atoms with Gasteiger partial charge in [-0.2, -0.15) is 0 Å². The summed E-state index contributed by atoms with van der Waals surface area (Å²) in [6, 6.07) is 10.8. The number of carbonyl (C=O) groups excluding carboxylic acids is 1. The van der Waals surface area contributed by atoms with Crippen molar-refractivity contribution < 1.29 is 18.7 Å². The smallest absolute Gasteiger partial charge is 0.319 e. The molecule has 0 aliphatic carbocycles. The van der Waals surface area contributed by atoms with E-state index >= 15 is 0 Å². The van der Waals surface area contributed by atoms with Gasteiger partial charge in [-0.15, -0.1) is 0 Å². The van der Waals surface area contributed by atoms with E-state index in [-0.39, 0.29) is 19.0 Å². The summed E-state index contributed by atoms with van der Waals surface area (Å²) in [6.45, 7) is 9.26. The Bertz CT molecular complexity index is 1060. The topological polar surface area (TPSA) is 84.0 Å². The van der Waals surface area contributed by atoms with E-state index in [1.165, 1.54) is 13.8 Å². The quantitative estimate of drug-likeness (QED) is 0.302. The van der Waals surface area contributed by atoms with Crippen LogP contribution in [0.5, 0.6) is 11.5 Å². The van der Waals surface area contributed by atoms with Crippen molar-refractivity contribution in [2.45, 2.75) is 53.1 Å². The van der Waals surface area contributed by atoms with Gasteiger partial charge in [-0.05, 0) is 76.4 Å². The monoisotopic (exact) mass is 484 g/mol. The van der Waals surface area contributed by atoms with Crippen molar-refractivity contribution in [2.24, 2.45) is 4.99 Å². The molecule has 0 radical (unpaired) electrons. The summed E-state index contributed by atoms with van der Waals surface area (Å²) >= 11 is 0. The van der Waals surface area contributed by atoms with Crippen LogP contribution in [-0.4, -0.2) is 38.7 Å². The number of ether oxygens (including phenoxy) is 2. The molecule has 0 atom stereocenters. The Balaban J connectivity index is 2.25. The first kappa shape index (κ1) is 27.7. The number of rotatable bonds is 11. The molecule has 8 heteroatoms. The zero-order valence-corrected chi connectivity index (χ0v) is 21.7. The number of allylic oxidation sites excluding steroid dienone is 1. The number of methoxy groups -OCH3 is 2. The molecule has 0 fully saturated rings. The lowest BCUT2D eigenvalue weighted by atomic mass is 10.0. The second kappa shape index (κ2) is 12.8. The zero-order chi connectivity index (χ0) is 26.0. The Kier molecular flexibility index (Phi) is 10.1. The first-order chi connectivity index (χ1) is 16.6. The molecule has 0 aliphatic heterocycles. The molecule has 190 valence electrons. The third-order valence-corrected chi connectivity index (χ3v) is 5.41. The van der Waals surface area contributed by atoms with E-state index in [0.29, 0.717) is 17.2 Å². The highest BCUT2D eigenvalue weighted by molar-refractivity contribution is 5.90. The van der Waals surface area contributed by atoms with Gasteiger partial charge in [0.1, 0.15) is 5.67 Å². The summed E-state index contributed by atoms with van der Waals surface area (Å²) in [6.07, 6.45) is 2.82. The number of aliphatic imine (C=N–C) groups is 1. The van der Waals surface area contributed by atoms with E-state index in [2.05, 4.69) is 34.8 Å². The number of carbonyl (C=O) groups is 1. The Hall–Kier alpha value is -3.55. The Morgan fingerprint density at radius 2 is 1.63 bits per heavy atom. The molecule has 0 aliphatic rings. The van der Waals surface area contributed by atoms with Crippen molar-refractivity contribution in [1.82, 2.24) is 5.32 Å². The van der Waals surface area contributed by atoms with E-state index in [4.69, 9.17) is 9.47 Å². The van der Waals surface area contributed by atoms with E-state index in [1.807, 2.05) is 31.2 Å². The normalized spacial score (nSPS) is 12.2. The first-order valence-corrected chi connectivity index (χ1v) is 11.7. The van der Waals surface area contributed by atoms with Crippen LogP contribution in [0.4, 0.5) is 26.2 Å². The highest BCUT2D eigenvalue weighted by Crippen LogP contribution is 2.39. The Morgan fingerprint density at radius 1 is 1.06 bits per heavy atom. The Morgan fingerprint density at radius 3 is 2.14 bits per heavy atom. The van der Waals surface area contributed by atoms with Crippen molar-refractivity contribution in [2.75, 3.05) is 31.4 Å². The number of hydrogen-bond acceptors (Lipinski definition) is 5. The molecule has 7 nitrogen and oxygen atoms in total. The minimum atomic E-state index is -1.32. The standard InChI is InChI=1S/C27H37FN4O3/c1-8-18(3)25(21-16-23(34-6)24(35-7)17-22(21)29-9-2)31-19-10-12-20(13-11-19)32-26(33)30-15-14-27(4,5)28/h9-13,16-17,31H,8,14-15H2,1-7H3,(H2,30,32,33). The lowest BCUT2D eigenvalue weighted by molar-refractivity contribution is 0.200. The fraction of sp³-hybridized carbons (Fsp3) is 0.407. The van der Waals surface area contributed by atoms with Gasteiger partial charge in [0.05, 0.1) is 19.9 Å². The number of nitrogens with zero attached hydrogens (tertiary/aromatic N) is 1. The molecule has 0 aromatic heterocycles. The van der Waals surface area contributed by atoms with Crippen molar-refractivity contribution in [3.8, 4) is 11.5 Å². The summed E-state index contributed by atoms with van der Waals surface area (Å²) < 4.78 is 24.5. The third-order valence-electron chi connectivity index (χ3n) is 5.41. The molecule has 0 bridgehead atoms. The van der Waals surface area contributed by atoms with Gasteiger partial charge in [0.2, 0.25) is 0 Å². The number of halogens is 1. The highest BCUT2D eigenvalue weighted by Gasteiger charge is 2.17. The maximum Gasteiger partial charge on any atom is 0.319 e. The molecule has 0 unspecified atom stereocenters. The minimum absolute atomic E-state index is 0.245. The number of hydrogen-bond donors (Lipinski definition) is 3. The number of alkyl halides is 1. The van der Waals surface area contributed by atoms with Gasteiger partial charge in [-0.3, -0.25) is 4.99 Å². The molecule has 35 heavy (non-hydrogen) atoms. The van der Waals surface area contributed by atoms with Gasteiger partial charge in [0.25, 0.3) is 0 Å². The summed E-state index contributed by atoms with van der Waals surface area (Å²) in [7, 11) is 3.20. The van der Waals surface area contributed by atoms with Crippen LogP contribution >= 0.6 is 0 Å². The fourth-order valence-corrected chi connectivity index (χ4v) is 3.32. The molecule has 0 spiro atoms. The second-order valence-electron chi connectivity index (χ2n) is 8.67. The van der Waals surface area contributed by atoms with Crippen LogP contribution in [0.1, 0.15) is 53.0 Å². The average molecular weight is 485 g/mol. The lowest BCUT2D eigenvalue weighted by Gasteiger charge is -2.19. The number of urea groups is 1. The van der Waals surface area contributed by atoms with Gasteiger partial charge in [-0.1, -0.05) is 6.92 Å². The molecule has 0 heterocycles. The SMILES string of the molecule is CC=Nc1cc(OC)c(OC)cc1C(Nc1ccc(NC(=O)NCCC(C)(C)F)cc1)=C(C)CC. The second-order valence-corrected chi connectivity index (χ2v) is 8.67. The van der Waals surface area contributed by atoms with Crippen LogP contribution in [0.25, 0.3) is 5.70 Å². The average Bonchev–Trinajstić information content (AvgIpc) is 2.82. The molecule has 0 saturated heterocycles. The van der Waals surface area contributed by atoms with Crippen LogP contribution < -0.4 is 25.4 Å². The fourth-order valence-electron chi connectivity index (χ4n) is 3.32. The largest absolute Gasteiger partial charge is 0.493 e. The van der Waals surface area contributed by atoms with E-state index in [9.17, 15) is 9.18 Å². The molecule has 2 amide bonds. The molecular weight excluding hydrogens is 447 g/mol. The van der Waals surface area contributed by atoms with Gasteiger partial charge in [0, 0.05) is 41.5 Å².